The van der Waals surface area contributed by atoms with Crippen molar-refractivity contribution in [1.29, 1.82) is 0 Å². The molecule has 3 rings (SSSR count). The van der Waals surface area contributed by atoms with Gasteiger partial charge in [0.25, 0.3) is 16.7 Å². The first-order valence-electron chi connectivity index (χ1n) is 6.70. The fraction of sp³-hybridized carbons (Fsp3) is 0.308. The highest BCUT2D eigenvalue weighted by molar-refractivity contribution is 7.98. The predicted octanol–water partition coefficient (Wildman–Crippen LogP) is 1.64. The van der Waals surface area contributed by atoms with Crippen molar-refractivity contribution in [2.24, 2.45) is 0 Å². The first-order chi connectivity index (χ1) is 10.6. The van der Waals surface area contributed by atoms with E-state index in [0.717, 1.165) is 12.1 Å². The lowest BCUT2D eigenvalue weighted by molar-refractivity contribution is 0.465. The van der Waals surface area contributed by atoms with Crippen molar-refractivity contribution in [3.8, 4) is 11.5 Å². The van der Waals surface area contributed by atoms with Crippen LogP contribution in [0.5, 0.6) is 0 Å². The molecule has 0 unspecified atom stereocenters. The van der Waals surface area contributed by atoms with Crippen molar-refractivity contribution in [1.82, 2.24) is 29.9 Å². The topological polar surface area (TPSA) is 102 Å². The van der Waals surface area contributed by atoms with Crippen LogP contribution in [0.4, 0.5) is 0 Å². The Balaban J connectivity index is 1.70. The van der Waals surface area contributed by atoms with Crippen molar-refractivity contribution in [3.05, 3.63) is 40.3 Å². The molecule has 114 valence electrons. The zero-order chi connectivity index (χ0) is 15.5. The van der Waals surface area contributed by atoms with Gasteiger partial charge >= 0.3 is 0 Å². The van der Waals surface area contributed by atoms with Gasteiger partial charge in [0, 0.05) is 24.5 Å². The standard InChI is InChI=1S/C13H14N6O2S/c1-3-19-6-9(5-14-19)12-17-18-13(21-12)22-7-10-15-8(2)4-11(20)16-10/h4-6H,3,7H2,1-2H3,(H,15,16,20). The van der Waals surface area contributed by atoms with Gasteiger partial charge in [-0.05, 0) is 13.8 Å². The van der Waals surface area contributed by atoms with Gasteiger partial charge in [-0.3, -0.25) is 9.48 Å². The molecule has 3 aromatic rings. The molecule has 1 N–H and O–H groups in total. The summed E-state index contributed by atoms with van der Waals surface area (Å²) < 4.78 is 7.36. The van der Waals surface area contributed by atoms with E-state index >= 15 is 0 Å². The maximum atomic E-state index is 11.4. The minimum Gasteiger partial charge on any atom is -0.411 e. The summed E-state index contributed by atoms with van der Waals surface area (Å²) in [5, 5.41) is 12.6. The number of hydrogen-bond acceptors (Lipinski definition) is 7. The van der Waals surface area contributed by atoms with E-state index in [-0.39, 0.29) is 5.56 Å². The molecule has 0 aliphatic heterocycles. The molecule has 0 atom stereocenters. The minimum absolute atomic E-state index is 0.165. The number of nitrogens with one attached hydrogen (secondary N) is 1. The maximum absolute atomic E-state index is 11.4. The Kier molecular flexibility index (Phi) is 4.05. The molecular formula is C13H14N6O2S. The molecule has 3 aromatic heterocycles. The summed E-state index contributed by atoms with van der Waals surface area (Å²) in [6.07, 6.45) is 3.53. The van der Waals surface area contributed by atoms with E-state index < -0.39 is 0 Å². The fourth-order valence-electron chi connectivity index (χ4n) is 1.87. The van der Waals surface area contributed by atoms with Crippen LogP contribution in [0.15, 0.2) is 32.9 Å². The molecule has 0 radical (unpaired) electrons. The highest BCUT2D eigenvalue weighted by Gasteiger charge is 2.11. The molecular weight excluding hydrogens is 304 g/mol. The number of nitrogens with zero attached hydrogens (tertiary/aromatic N) is 5. The lowest BCUT2D eigenvalue weighted by atomic mass is 10.4. The van der Waals surface area contributed by atoms with Crippen LogP contribution in [0.1, 0.15) is 18.4 Å². The molecule has 9 heteroatoms. The Morgan fingerprint density at radius 2 is 2.27 bits per heavy atom. The Morgan fingerprint density at radius 1 is 1.41 bits per heavy atom. The van der Waals surface area contributed by atoms with Gasteiger partial charge in [-0.1, -0.05) is 11.8 Å². The Bertz CT molecular complexity index is 837. The predicted molar refractivity (Wildman–Crippen MR) is 80.3 cm³/mol. The van der Waals surface area contributed by atoms with E-state index in [2.05, 4.69) is 25.3 Å². The smallest absolute Gasteiger partial charge is 0.277 e. The maximum Gasteiger partial charge on any atom is 0.277 e. The number of H-pyrrole nitrogens is 1. The van der Waals surface area contributed by atoms with Crippen molar-refractivity contribution in [2.45, 2.75) is 31.4 Å². The number of thioether (sulfide) groups is 1. The van der Waals surface area contributed by atoms with E-state index in [0.29, 0.717) is 28.4 Å². The van der Waals surface area contributed by atoms with Crippen LogP contribution in [-0.4, -0.2) is 29.9 Å². The molecule has 0 saturated heterocycles. The molecule has 8 nitrogen and oxygen atoms in total. The molecule has 22 heavy (non-hydrogen) atoms. The fourth-order valence-corrected chi connectivity index (χ4v) is 2.50. The largest absolute Gasteiger partial charge is 0.411 e. The van der Waals surface area contributed by atoms with Gasteiger partial charge in [0.05, 0.1) is 17.5 Å². The van der Waals surface area contributed by atoms with Crippen LogP contribution in [0.2, 0.25) is 0 Å². The van der Waals surface area contributed by atoms with Crippen molar-refractivity contribution in [3.63, 3.8) is 0 Å². The van der Waals surface area contributed by atoms with Crippen LogP contribution >= 0.6 is 11.8 Å². The summed E-state index contributed by atoms with van der Waals surface area (Å²) in [4.78, 5) is 18.3. The second kappa shape index (κ2) is 6.14. The van der Waals surface area contributed by atoms with Gasteiger partial charge in [0.15, 0.2) is 0 Å². The lowest BCUT2D eigenvalue weighted by Crippen LogP contribution is -2.10. The van der Waals surface area contributed by atoms with Gasteiger partial charge in [0.1, 0.15) is 5.82 Å². The Hall–Kier alpha value is -2.42. The molecule has 0 spiro atoms. The van der Waals surface area contributed by atoms with Gasteiger partial charge < -0.3 is 9.40 Å². The first kappa shape index (κ1) is 14.5. The molecule has 0 saturated carbocycles. The third-order valence-corrected chi connectivity index (χ3v) is 3.69. The van der Waals surface area contributed by atoms with Crippen LogP contribution < -0.4 is 5.56 Å². The van der Waals surface area contributed by atoms with Crippen molar-refractivity contribution < 1.29 is 4.42 Å². The molecule has 0 aliphatic rings. The SMILES string of the molecule is CCn1cc(-c2nnc(SCc3nc(C)cc(=O)[nH]3)o2)cn1. The van der Waals surface area contributed by atoms with E-state index in [1.54, 1.807) is 17.8 Å². The number of aryl methyl sites for hydroxylation is 2. The third kappa shape index (κ3) is 3.25. The normalized spacial score (nSPS) is 11.0. The van der Waals surface area contributed by atoms with Gasteiger partial charge in [-0.25, -0.2) is 4.98 Å². The summed E-state index contributed by atoms with van der Waals surface area (Å²) in [5.74, 6) is 1.45. The van der Waals surface area contributed by atoms with Gasteiger partial charge in [-0.15, -0.1) is 10.2 Å². The number of aromatic nitrogens is 6. The zero-order valence-corrected chi connectivity index (χ0v) is 12.9. The van der Waals surface area contributed by atoms with E-state index in [4.69, 9.17) is 4.42 Å². The second-order valence-corrected chi connectivity index (χ2v) is 5.51. The van der Waals surface area contributed by atoms with Crippen molar-refractivity contribution in [2.75, 3.05) is 0 Å². The van der Waals surface area contributed by atoms with E-state index in [9.17, 15) is 4.79 Å². The highest BCUT2D eigenvalue weighted by Crippen LogP contribution is 2.24. The quantitative estimate of drug-likeness (QED) is 0.713. The molecule has 0 amide bonds. The Labute approximate surface area is 130 Å². The summed E-state index contributed by atoms with van der Waals surface area (Å²) >= 11 is 1.32. The molecule has 0 fully saturated rings. The Morgan fingerprint density at radius 3 is 3.00 bits per heavy atom. The van der Waals surface area contributed by atoms with Crippen molar-refractivity contribution >= 4 is 11.8 Å². The van der Waals surface area contributed by atoms with Crippen LogP contribution in [-0.2, 0) is 12.3 Å². The minimum atomic E-state index is -0.165. The summed E-state index contributed by atoms with van der Waals surface area (Å²) in [6, 6.07) is 1.45. The molecule has 3 heterocycles. The average molecular weight is 318 g/mol. The molecule has 0 aliphatic carbocycles. The lowest BCUT2D eigenvalue weighted by Gasteiger charge is -1.98. The average Bonchev–Trinajstić information content (AvgIpc) is 3.13. The van der Waals surface area contributed by atoms with Crippen LogP contribution in [0, 0.1) is 6.92 Å². The highest BCUT2D eigenvalue weighted by atomic mass is 32.2. The summed E-state index contributed by atoms with van der Waals surface area (Å²) in [7, 11) is 0. The third-order valence-electron chi connectivity index (χ3n) is 2.86. The zero-order valence-electron chi connectivity index (χ0n) is 12.1. The number of rotatable bonds is 5. The summed E-state index contributed by atoms with van der Waals surface area (Å²) in [6.45, 7) is 4.56. The monoisotopic (exact) mass is 318 g/mol. The van der Waals surface area contributed by atoms with Crippen LogP contribution in [0.3, 0.4) is 0 Å². The van der Waals surface area contributed by atoms with Gasteiger partial charge in [0.2, 0.25) is 0 Å². The van der Waals surface area contributed by atoms with Crippen LogP contribution in [0.25, 0.3) is 11.5 Å². The number of hydrogen-bond donors (Lipinski definition) is 1. The summed E-state index contributed by atoms with van der Waals surface area (Å²) in [5.41, 5.74) is 1.29. The van der Waals surface area contributed by atoms with E-state index in [1.165, 1.54) is 17.8 Å². The number of aromatic amines is 1. The van der Waals surface area contributed by atoms with Gasteiger partial charge in [-0.2, -0.15) is 5.10 Å². The second-order valence-electron chi connectivity index (χ2n) is 4.58. The molecule has 0 aromatic carbocycles. The first-order valence-corrected chi connectivity index (χ1v) is 7.68. The van der Waals surface area contributed by atoms with E-state index in [1.807, 2.05) is 13.1 Å². The molecule has 0 bridgehead atoms.